The summed E-state index contributed by atoms with van der Waals surface area (Å²) in [4.78, 5) is 35.5. The molecule has 1 saturated heterocycles. The van der Waals surface area contributed by atoms with Crippen LogP contribution in [0.25, 0.3) is 22.0 Å². The molecule has 0 spiro atoms. The largest absolute Gasteiger partial charge is 0.457 e. The lowest BCUT2D eigenvalue weighted by molar-refractivity contribution is 0.0629. The molecule has 1 amide bonds. The topological polar surface area (TPSA) is 108 Å². The summed E-state index contributed by atoms with van der Waals surface area (Å²) >= 11 is 0. The average Bonchev–Trinajstić information content (AvgIpc) is 3.44. The molecule has 0 atom stereocenters. The van der Waals surface area contributed by atoms with Crippen LogP contribution in [-0.4, -0.2) is 98.2 Å². The van der Waals surface area contributed by atoms with Gasteiger partial charge in [0.05, 0.1) is 4.90 Å². The second-order valence-electron chi connectivity index (χ2n) is 10.7. The first-order valence-electron chi connectivity index (χ1n) is 13.5. The molecule has 1 aliphatic rings. The van der Waals surface area contributed by atoms with Gasteiger partial charge in [-0.1, -0.05) is 6.07 Å². The number of carbonyl (C=O) groups excluding carboxylic acids is 1. The number of aromatic nitrogens is 2. The van der Waals surface area contributed by atoms with Crippen LogP contribution in [0.4, 0.5) is 0 Å². The van der Waals surface area contributed by atoms with E-state index in [2.05, 4.69) is 28.9 Å². The molecule has 5 rings (SSSR count). The second kappa shape index (κ2) is 11.5. The molecule has 10 nitrogen and oxygen atoms in total. The highest BCUT2D eigenvalue weighted by Crippen LogP contribution is 2.38. The van der Waals surface area contributed by atoms with Crippen molar-refractivity contribution in [3.05, 3.63) is 76.8 Å². The van der Waals surface area contributed by atoms with Crippen molar-refractivity contribution in [3.63, 3.8) is 0 Å². The summed E-state index contributed by atoms with van der Waals surface area (Å²) in [6.07, 6.45) is 4.50. The zero-order chi connectivity index (χ0) is 29.3. The Labute approximate surface area is 239 Å². The SMILES string of the molecule is CN(C)CCN1CCN(C(=O)c2cccc(Oc3ccc(S(C)(=O)=O)cc3-c3cn(C)c(=O)c4[nH]ccc34)c2)CC1. The molecule has 4 aromatic rings. The number of rotatable bonds is 8. The van der Waals surface area contributed by atoms with Gasteiger partial charge >= 0.3 is 0 Å². The van der Waals surface area contributed by atoms with Crippen LogP contribution in [0.5, 0.6) is 11.5 Å². The van der Waals surface area contributed by atoms with Crippen LogP contribution < -0.4 is 10.3 Å². The van der Waals surface area contributed by atoms with Gasteiger partial charge in [0, 0.05) is 87.0 Å². The number of piperazine rings is 1. The number of benzene rings is 2. The molecule has 0 aliphatic carbocycles. The first-order valence-corrected chi connectivity index (χ1v) is 15.4. The zero-order valence-corrected chi connectivity index (χ0v) is 24.6. The van der Waals surface area contributed by atoms with Gasteiger partial charge in [0.1, 0.15) is 17.0 Å². The quantitative estimate of drug-likeness (QED) is 0.343. The van der Waals surface area contributed by atoms with Crippen molar-refractivity contribution in [2.75, 3.05) is 59.6 Å². The van der Waals surface area contributed by atoms with Crippen molar-refractivity contribution in [2.45, 2.75) is 4.90 Å². The maximum absolute atomic E-state index is 13.3. The standard InChI is InChI=1S/C30H35N5O5S/c1-32(2)12-13-34-14-16-35(17-15-34)29(36)21-6-5-7-22(18-21)40-27-9-8-23(41(4,38)39)19-25(27)26-20-33(3)30(37)28-24(26)10-11-31-28/h5-11,18-20,31H,12-17H2,1-4H3. The van der Waals surface area contributed by atoms with Gasteiger partial charge in [-0.05, 0) is 56.6 Å². The van der Waals surface area contributed by atoms with Gasteiger partial charge in [-0.2, -0.15) is 0 Å². The first-order chi connectivity index (χ1) is 19.5. The van der Waals surface area contributed by atoms with Crippen LogP contribution in [-0.2, 0) is 16.9 Å². The smallest absolute Gasteiger partial charge is 0.274 e. The molecule has 0 unspecified atom stereocenters. The molecule has 1 N–H and O–H groups in total. The highest BCUT2D eigenvalue weighted by atomic mass is 32.2. The Morgan fingerprint density at radius 1 is 1.02 bits per heavy atom. The van der Waals surface area contributed by atoms with Gasteiger partial charge in [0.25, 0.3) is 11.5 Å². The van der Waals surface area contributed by atoms with E-state index in [1.54, 1.807) is 61.9 Å². The minimum absolute atomic E-state index is 0.0533. The molecule has 2 aromatic carbocycles. The molecular weight excluding hydrogens is 542 g/mol. The van der Waals surface area contributed by atoms with Crippen LogP contribution >= 0.6 is 0 Å². The molecule has 0 radical (unpaired) electrons. The number of hydrogen-bond acceptors (Lipinski definition) is 7. The number of sulfone groups is 1. The Balaban J connectivity index is 1.44. The number of ether oxygens (including phenoxy) is 1. The molecule has 1 fully saturated rings. The van der Waals surface area contributed by atoms with E-state index in [0.717, 1.165) is 32.4 Å². The van der Waals surface area contributed by atoms with E-state index in [1.807, 2.05) is 4.90 Å². The Hall–Kier alpha value is -3.93. The summed E-state index contributed by atoms with van der Waals surface area (Å²) in [6, 6.07) is 13.5. The summed E-state index contributed by atoms with van der Waals surface area (Å²) in [6.45, 7) is 4.94. The van der Waals surface area contributed by atoms with Gasteiger partial charge < -0.3 is 24.1 Å². The number of carbonyl (C=O) groups is 1. The summed E-state index contributed by atoms with van der Waals surface area (Å²) in [5, 5.41) is 0.650. The highest BCUT2D eigenvalue weighted by Gasteiger charge is 2.23. The lowest BCUT2D eigenvalue weighted by Crippen LogP contribution is -2.49. The third-order valence-electron chi connectivity index (χ3n) is 7.40. The number of fused-ring (bicyclic) bond motifs is 1. The molecule has 0 bridgehead atoms. The molecule has 216 valence electrons. The fraction of sp³-hybridized carbons (Fsp3) is 0.333. The highest BCUT2D eigenvalue weighted by molar-refractivity contribution is 7.90. The van der Waals surface area contributed by atoms with Crippen LogP contribution in [0.2, 0.25) is 0 Å². The molecule has 0 saturated carbocycles. The summed E-state index contributed by atoms with van der Waals surface area (Å²) in [5.74, 6) is 0.795. The van der Waals surface area contributed by atoms with Crippen LogP contribution in [0.15, 0.2) is 70.6 Å². The number of pyridine rings is 1. The Morgan fingerprint density at radius 3 is 2.49 bits per heavy atom. The summed E-state index contributed by atoms with van der Waals surface area (Å²) in [7, 11) is 2.24. The summed E-state index contributed by atoms with van der Waals surface area (Å²) < 4.78 is 32.6. The van der Waals surface area contributed by atoms with E-state index >= 15 is 0 Å². The van der Waals surface area contributed by atoms with Gasteiger partial charge in [-0.15, -0.1) is 0 Å². The number of aromatic amines is 1. The Kier molecular flexibility index (Phi) is 8.03. The zero-order valence-electron chi connectivity index (χ0n) is 23.8. The third-order valence-corrected chi connectivity index (χ3v) is 8.51. The number of aryl methyl sites for hydroxylation is 1. The van der Waals surface area contributed by atoms with E-state index in [0.29, 0.717) is 52.2 Å². The first kappa shape index (κ1) is 28.6. The van der Waals surface area contributed by atoms with Crippen molar-refractivity contribution in [3.8, 4) is 22.6 Å². The predicted octanol–water partition coefficient (Wildman–Crippen LogP) is 3.05. The van der Waals surface area contributed by atoms with Crippen molar-refractivity contribution in [1.29, 1.82) is 0 Å². The number of amides is 1. The van der Waals surface area contributed by atoms with E-state index in [4.69, 9.17) is 4.74 Å². The van der Waals surface area contributed by atoms with Crippen LogP contribution in [0.1, 0.15) is 10.4 Å². The number of nitrogens with zero attached hydrogens (tertiary/aromatic N) is 4. The number of nitrogens with one attached hydrogen (secondary N) is 1. The van der Waals surface area contributed by atoms with Crippen molar-refractivity contribution in [1.82, 2.24) is 24.3 Å². The molecular formula is C30H35N5O5S. The monoisotopic (exact) mass is 577 g/mol. The van der Waals surface area contributed by atoms with Crippen LogP contribution in [0.3, 0.4) is 0 Å². The Bertz CT molecular complexity index is 1750. The van der Waals surface area contributed by atoms with Gasteiger partial charge in [0.15, 0.2) is 9.84 Å². The van der Waals surface area contributed by atoms with Crippen molar-refractivity contribution in [2.24, 2.45) is 7.05 Å². The molecule has 3 heterocycles. The Morgan fingerprint density at radius 2 is 1.78 bits per heavy atom. The maximum atomic E-state index is 13.3. The van der Waals surface area contributed by atoms with E-state index in [1.165, 1.54) is 10.6 Å². The van der Waals surface area contributed by atoms with E-state index in [9.17, 15) is 18.0 Å². The van der Waals surface area contributed by atoms with Gasteiger partial charge in [-0.25, -0.2) is 8.42 Å². The number of hydrogen-bond donors (Lipinski definition) is 1. The summed E-state index contributed by atoms with van der Waals surface area (Å²) in [5.41, 5.74) is 1.89. The fourth-order valence-electron chi connectivity index (χ4n) is 5.04. The third kappa shape index (κ3) is 6.22. The maximum Gasteiger partial charge on any atom is 0.274 e. The molecule has 11 heteroatoms. The predicted molar refractivity (Wildman–Crippen MR) is 159 cm³/mol. The average molecular weight is 578 g/mol. The molecule has 1 aliphatic heterocycles. The van der Waals surface area contributed by atoms with E-state index < -0.39 is 9.84 Å². The van der Waals surface area contributed by atoms with Gasteiger partial charge in [0.2, 0.25) is 0 Å². The van der Waals surface area contributed by atoms with Gasteiger partial charge in [-0.3, -0.25) is 14.5 Å². The van der Waals surface area contributed by atoms with Crippen molar-refractivity contribution < 1.29 is 17.9 Å². The lowest BCUT2D eigenvalue weighted by atomic mass is 10.0. The molecule has 41 heavy (non-hydrogen) atoms. The number of likely N-dealkylation sites (N-methyl/N-ethyl adjacent to an activating group) is 1. The normalized spacial score (nSPS) is 14.6. The number of H-pyrrole nitrogens is 1. The van der Waals surface area contributed by atoms with Crippen molar-refractivity contribution >= 4 is 26.6 Å². The lowest BCUT2D eigenvalue weighted by Gasteiger charge is -2.35. The van der Waals surface area contributed by atoms with E-state index in [-0.39, 0.29) is 16.4 Å². The van der Waals surface area contributed by atoms with Crippen LogP contribution in [0, 0.1) is 0 Å². The fourth-order valence-corrected chi connectivity index (χ4v) is 5.69. The minimum Gasteiger partial charge on any atom is -0.457 e. The second-order valence-corrected chi connectivity index (χ2v) is 12.7. The minimum atomic E-state index is -3.51. The molecule has 2 aromatic heterocycles.